The Kier molecular flexibility index (Phi) is 8.22. The Hall–Kier alpha value is -4.09. The van der Waals surface area contributed by atoms with Crippen LogP contribution in [-0.2, 0) is 16.1 Å². The molecule has 1 saturated heterocycles. The third-order valence-electron chi connectivity index (χ3n) is 7.23. The monoisotopic (exact) mass is 549 g/mol. The van der Waals surface area contributed by atoms with Crippen LogP contribution in [0.3, 0.4) is 0 Å². The van der Waals surface area contributed by atoms with Crippen LogP contribution in [0.4, 0.5) is 10.3 Å². The number of fused-ring (bicyclic) bond motifs is 1. The van der Waals surface area contributed by atoms with Gasteiger partial charge >= 0.3 is 0 Å². The molecule has 1 unspecified atom stereocenters. The summed E-state index contributed by atoms with van der Waals surface area (Å²) < 4.78 is 25.1. The topological polar surface area (TPSA) is 126 Å². The Morgan fingerprint density at radius 2 is 2.08 bits per heavy atom. The molecule has 10 nitrogen and oxygen atoms in total. The van der Waals surface area contributed by atoms with Gasteiger partial charge in [0.2, 0.25) is 11.9 Å². The van der Waals surface area contributed by atoms with E-state index in [2.05, 4.69) is 15.6 Å². The summed E-state index contributed by atoms with van der Waals surface area (Å²) in [5.41, 5.74) is 3.77. The molecule has 0 radical (unpaired) electrons. The van der Waals surface area contributed by atoms with Gasteiger partial charge in [0.05, 0.1) is 25.5 Å². The largest absolute Gasteiger partial charge is 0.494 e. The van der Waals surface area contributed by atoms with Crippen molar-refractivity contribution < 1.29 is 28.6 Å². The van der Waals surface area contributed by atoms with Gasteiger partial charge in [0.1, 0.15) is 6.54 Å². The lowest BCUT2D eigenvalue weighted by Crippen LogP contribution is -2.40. The van der Waals surface area contributed by atoms with Gasteiger partial charge in [-0.1, -0.05) is 24.3 Å². The van der Waals surface area contributed by atoms with Crippen LogP contribution < -0.4 is 15.4 Å². The molecule has 1 fully saturated rings. The maximum Gasteiger partial charge on any atom is 0.254 e. The standard InChI is InChI=1S/C29H32FN5O5/c1-17-13-31-29(32-20-8-10-40-11-9-20)34-27(17)18-6-7-19-14-35(28(38)22(19)12-18)15-25(37)33-23(16-36)21-4-3-5-24(39-2)26(21)30/h3-7,12-13,20,23,36H,8-11,14-16H2,1-2H3,(H,33,37)(H,31,32,34). The summed E-state index contributed by atoms with van der Waals surface area (Å²) in [6, 6.07) is 9.34. The molecule has 0 bridgehead atoms. The van der Waals surface area contributed by atoms with Gasteiger partial charge in [-0.15, -0.1) is 0 Å². The number of methoxy groups -OCH3 is 1. The lowest BCUT2D eigenvalue weighted by atomic mass is 10.0. The van der Waals surface area contributed by atoms with Gasteiger partial charge < -0.3 is 30.1 Å². The highest BCUT2D eigenvalue weighted by Gasteiger charge is 2.30. The van der Waals surface area contributed by atoms with Crippen molar-refractivity contribution in [2.75, 3.05) is 38.8 Å². The normalized spacial score (nSPS) is 16.0. The summed E-state index contributed by atoms with van der Waals surface area (Å²) in [5.74, 6) is -0.918. The maximum absolute atomic E-state index is 14.7. The maximum atomic E-state index is 14.7. The molecule has 5 rings (SSSR count). The van der Waals surface area contributed by atoms with Crippen LogP contribution in [0.2, 0.25) is 0 Å². The molecular formula is C29H32FN5O5. The van der Waals surface area contributed by atoms with Crippen LogP contribution in [0.25, 0.3) is 11.3 Å². The van der Waals surface area contributed by atoms with Crippen LogP contribution in [0.15, 0.2) is 42.6 Å². The number of nitrogens with one attached hydrogen (secondary N) is 2. The van der Waals surface area contributed by atoms with E-state index in [1.807, 2.05) is 19.1 Å². The second-order valence-electron chi connectivity index (χ2n) is 9.96. The van der Waals surface area contributed by atoms with Crippen molar-refractivity contribution in [2.45, 2.75) is 38.4 Å². The fraction of sp³-hybridized carbons (Fsp3) is 0.379. The van der Waals surface area contributed by atoms with E-state index in [-0.39, 0.29) is 36.4 Å². The summed E-state index contributed by atoms with van der Waals surface area (Å²) in [6.07, 6.45) is 3.53. The number of benzene rings is 2. The Balaban J connectivity index is 1.28. The highest BCUT2D eigenvalue weighted by atomic mass is 19.1. The van der Waals surface area contributed by atoms with Crippen LogP contribution in [0, 0.1) is 12.7 Å². The van der Waals surface area contributed by atoms with E-state index in [0.29, 0.717) is 24.7 Å². The van der Waals surface area contributed by atoms with Crippen molar-refractivity contribution in [3.05, 3.63) is 70.7 Å². The lowest BCUT2D eigenvalue weighted by molar-refractivity contribution is -0.122. The number of hydrogen-bond acceptors (Lipinski definition) is 8. The fourth-order valence-corrected chi connectivity index (χ4v) is 5.05. The number of aromatic nitrogens is 2. The molecule has 11 heteroatoms. The minimum absolute atomic E-state index is 0.0107. The number of ether oxygens (including phenoxy) is 2. The summed E-state index contributed by atoms with van der Waals surface area (Å²) in [6.45, 7) is 2.83. The highest BCUT2D eigenvalue weighted by molar-refractivity contribution is 6.01. The number of halogens is 1. The van der Waals surface area contributed by atoms with Crippen molar-refractivity contribution in [2.24, 2.45) is 0 Å². The average molecular weight is 550 g/mol. The number of nitrogens with zero attached hydrogens (tertiary/aromatic N) is 3. The van der Waals surface area contributed by atoms with E-state index in [1.165, 1.54) is 24.1 Å². The zero-order chi connectivity index (χ0) is 28.2. The predicted molar refractivity (Wildman–Crippen MR) is 145 cm³/mol. The molecule has 1 aromatic heterocycles. The number of carbonyl (C=O) groups excluding carboxylic acids is 2. The smallest absolute Gasteiger partial charge is 0.254 e. The second-order valence-corrected chi connectivity index (χ2v) is 9.96. The van der Waals surface area contributed by atoms with Crippen molar-refractivity contribution >= 4 is 17.8 Å². The third kappa shape index (κ3) is 5.75. The van der Waals surface area contributed by atoms with Crippen LogP contribution in [0.1, 0.15) is 45.9 Å². The summed E-state index contributed by atoms with van der Waals surface area (Å²) in [4.78, 5) is 36.7. The Labute approximate surface area is 231 Å². The zero-order valence-corrected chi connectivity index (χ0v) is 22.4. The van der Waals surface area contributed by atoms with E-state index in [0.717, 1.165) is 35.2 Å². The second kappa shape index (κ2) is 12.0. The molecule has 2 aliphatic rings. The Morgan fingerprint density at radius 1 is 1.27 bits per heavy atom. The first-order chi connectivity index (χ1) is 19.4. The molecule has 3 aromatic rings. The van der Waals surface area contributed by atoms with Gasteiger partial charge in [0.25, 0.3) is 5.91 Å². The van der Waals surface area contributed by atoms with E-state index in [1.54, 1.807) is 18.3 Å². The van der Waals surface area contributed by atoms with Crippen molar-refractivity contribution in [3.63, 3.8) is 0 Å². The molecule has 0 saturated carbocycles. The highest BCUT2D eigenvalue weighted by Crippen LogP contribution is 2.30. The van der Waals surface area contributed by atoms with Gasteiger partial charge in [-0.05, 0) is 43.0 Å². The van der Waals surface area contributed by atoms with E-state index in [9.17, 15) is 19.1 Å². The average Bonchev–Trinajstić information content (AvgIpc) is 3.27. The minimum atomic E-state index is -0.987. The first kappa shape index (κ1) is 27.5. The first-order valence-corrected chi connectivity index (χ1v) is 13.2. The van der Waals surface area contributed by atoms with Gasteiger partial charge in [-0.3, -0.25) is 9.59 Å². The minimum Gasteiger partial charge on any atom is -0.494 e. The Morgan fingerprint density at radius 3 is 2.83 bits per heavy atom. The Bertz CT molecular complexity index is 1410. The van der Waals surface area contributed by atoms with Crippen LogP contribution in [-0.4, -0.2) is 71.3 Å². The fourth-order valence-electron chi connectivity index (χ4n) is 5.05. The van der Waals surface area contributed by atoms with E-state index < -0.39 is 24.4 Å². The molecule has 0 spiro atoms. The molecule has 3 N–H and O–H groups in total. The summed E-state index contributed by atoms with van der Waals surface area (Å²) >= 11 is 0. The summed E-state index contributed by atoms with van der Waals surface area (Å²) in [7, 11) is 1.34. The van der Waals surface area contributed by atoms with Gasteiger partial charge in [-0.25, -0.2) is 14.4 Å². The van der Waals surface area contributed by atoms with E-state index >= 15 is 0 Å². The van der Waals surface area contributed by atoms with Crippen molar-refractivity contribution in [3.8, 4) is 17.0 Å². The van der Waals surface area contributed by atoms with Gasteiger partial charge in [0, 0.05) is 48.7 Å². The molecule has 2 amide bonds. The first-order valence-electron chi connectivity index (χ1n) is 13.2. The number of amides is 2. The molecule has 3 heterocycles. The van der Waals surface area contributed by atoms with Crippen LogP contribution >= 0.6 is 0 Å². The molecular weight excluding hydrogens is 517 g/mol. The van der Waals surface area contributed by atoms with Crippen LogP contribution in [0.5, 0.6) is 5.75 Å². The molecule has 40 heavy (non-hydrogen) atoms. The van der Waals surface area contributed by atoms with Crippen molar-refractivity contribution in [1.29, 1.82) is 0 Å². The number of aryl methyl sites for hydroxylation is 1. The molecule has 2 aromatic carbocycles. The van der Waals surface area contributed by atoms with E-state index in [4.69, 9.17) is 14.5 Å². The number of aliphatic hydroxyl groups is 1. The quantitative estimate of drug-likeness (QED) is 0.372. The molecule has 0 aliphatic carbocycles. The number of aliphatic hydroxyl groups excluding tert-OH is 1. The molecule has 210 valence electrons. The van der Waals surface area contributed by atoms with Crippen molar-refractivity contribution in [1.82, 2.24) is 20.2 Å². The number of carbonyl (C=O) groups is 2. The number of anilines is 1. The predicted octanol–water partition coefficient (Wildman–Crippen LogP) is 3.00. The zero-order valence-electron chi connectivity index (χ0n) is 22.4. The van der Waals surface area contributed by atoms with Gasteiger partial charge in [-0.2, -0.15) is 0 Å². The molecule has 1 atom stereocenters. The molecule has 2 aliphatic heterocycles. The van der Waals surface area contributed by atoms with Gasteiger partial charge in [0.15, 0.2) is 11.6 Å². The number of rotatable bonds is 9. The third-order valence-corrected chi connectivity index (χ3v) is 7.23. The number of hydrogen-bond donors (Lipinski definition) is 3. The summed E-state index contributed by atoms with van der Waals surface area (Å²) in [5, 5.41) is 15.8. The SMILES string of the molecule is COc1cccc(C(CO)NC(=O)CN2Cc3ccc(-c4nc(NC5CCOCC5)ncc4C)cc3C2=O)c1F. The lowest BCUT2D eigenvalue weighted by Gasteiger charge is -2.23.